The lowest BCUT2D eigenvalue weighted by Crippen LogP contribution is -2.44. The summed E-state index contributed by atoms with van der Waals surface area (Å²) in [7, 11) is 0. The number of rotatable bonds is 13. The van der Waals surface area contributed by atoms with E-state index in [0.29, 0.717) is 0 Å². The van der Waals surface area contributed by atoms with Crippen LogP contribution >= 0.6 is 0 Å². The molecule has 0 aliphatic carbocycles. The molecule has 1 aromatic rings. The Labute approximate surface area is 191 Å². The number of hydrogen-bond acceptors (Lipinski definition) is 9. The van der Waals surface area contributed by atoms with E-state index in [-0.39, 0.29) is 54.6 Å². The summed E-state index contributed by atoms with van der Waals surface area (Å²) in [5.74, 6) is -1.85. The maximum Gasteiger partial charge on any atom is 0.333 e. The fourth-order valence-corrected chi connectivity index (χ4v) is 2.18. The molecule has 0 spiro atoms. The second kappa shape index (κ2) is 12.2. The average molecular weight is 461 g/mol. The normalized spacial score (nSPS) is 10.5. The molecular weight excluding hydrogens is 434 g/mol. The van der Waals surface area contributed by atoms with Crippen molar-refractivity contribution in [1.29, 1.82) is 0 Å². The van der Waals surface area contributed by atoms with E-state index < -0.39 is 28.2 Å². The third kappa shape index (κ3) is 8.98. The summed E-state index contributed by atoms with van der Waals surface area (Å²) in [6.07, 6.45) is 0. The maximum absolute atomic E-state index is 12.0. The molecule has 10 nitrogen and oxygen atoms in total. The van der Waals surface area contributed by atoms with Crippen molar-refractivity contribution < 1.29 is 38.3 Å². The Morgan fingerprint density at radius 1 is 0.788 bits per heavy atom. The molecule has 0 saturated heterocycles. The highest BCUT2D eigenvalue weighted by Crippen LogP contribution is 2.25. The highest BCUT2D eigenvalue weighted by Gasteiger charge is 2.37. The van der Waals surface area contributed by atoms with Gasteiger partial charge in [-0.05, 0) is 32.9 Å². The van der Waals surface area contributed by atoms with Gasteiger partial charge in [0.15, 0.2) is 0 Å². The minimum Gasteiger partial charge on any atom is -0.493 e. The van der Waals surface area contributed by atoms with Gasteiger partial charge in [-0.1, -0.05) is 19.7 Å². The molecule has 178 valence electrons. The molecule has 0 heterocycles. The first-order chi connectivity index (χ1) is 15.4. The summed E-state index contributed by atoms with van der Waals surface area (Å²) in [6.45, 7) is 13.6. The Morgan fingerprint density at radius 2 is 1.15 bits per heavy atom. The van der Waals surface area contributed by atoms with Gasteiger partial charge in [0.2, 0.25) is 0 Å². The Bertz CT molecular complexity index is 873. The molecular formula is C23H27NO9. The zero-order chi connectivity index (χ0) is 25.2. The topological polar surface area (TPSA) is 131 Å². The van der Waals surface area contributed by atoms with Crippen LogP contribution in [0.4, 0.5) is 5.69 Å². The highest BCUT2D eigenvalue weighted by molar-refractivity contribution is 5.88. The summed E-state index contributed by atoms with van der Waals surface area (Å²) < 4.78 is 21.5. The Balaban J connectivity index is 3.18. The van der Waals surface area contributed by atoms with Crippen LogP contribution in [0.15, 0.2) is 60.7 Å². The Kier molecular flexibility index (Phi) is 10.00. The van der Waals surface area contributed by atoms with E-state index >= 15 is 0 Å². The van der Waals surface area contributed by atoms with Crippen LogP contribution in [0, 0.1) is 15.5 Å². The molecule has 0 aliphatic rings. The monoisotopic (exact) mass is 461 g/mol. The number of nitro groups is 1. The second-order valence-corrected chi connectivity index (χ2v) is 7.61. The quantitative estimate of drug-likeness (QED) is 0.143. The van der Waals surface area contributed by atoms with E-state index in [1.54, 1.807) is 0 Å². The van der Waals surface area contributed by atoms with Crippen molar-refractivity contribution in [2.24, 2.45) is 5.41 Å². The molecule has 33 heavy (non-hydrogen) atoms. The minimum atomic E-state index is -1.32. The number of nitrogens with zero attached hydrogens (tertiary/aromatic N) is 1. The smallest absolute Gasteiger partial charge is 0.333 e. The van der Waals surface area contributed by atoms with Gasteiger partial charge in [0.1, 0.15) is 37.6 Å². The van der Waals surface area contributed by atoms with Crippen LogP contribution in [0.2, 0.25) is 0 Å². The average Bonchev–Trinajstić information content (AvgIpc) is 2.77. The van der Waals surface area contributed by atoms with Gasteiger partial charge in [0, 0.05) is 28.9 Å². The molecule has 0 aromatic heterocycles. The fraction of sp³-hybridized carbons (Fsp3) is 0.348. The summed E-state index contributed by atoms with van der Waals surface area (Å²) >= 11 is 0. The standard InChI is InChI=1S/C23H27NO9/c1-15(2)20(25)31-12-23(13-32-21(26)16(3)4,14-33-22(27)17(5)6)11-30-19-9-7-18(8-10-19)24(28)29/h7-10H,1,3,5,11-14H2,2,4,6H3. The highest BCUT2D eigenvalue weighted by atomic mass is 16.6. The van der Waals surface area contributed by atoms with Crippen LogP contribution in [0.3, 0.4) is 0 Å². The first-order valence-electron chi connectivity index (χ1n) is 9.72. The molecule has 0 fully saturated rings. The number of esters is 3. The second-order valence-electron chi connectivity index (χ2n) is 7.61. The van der Waals surface area contributed by atoms with Gasteiger partial charge in [-0.25, -0.2) is 14.4 Å². The molecule has 0 bridgehead atoms. The van der Waals surface area contributed by atoms with Crippen molar-refractivity contribution in [3.8, 4) is 5.75 Å². The molecule has 0 N–H and O–H groups in total. The van der Waals surface area contributed by atoms with Gasteiger partial charge in [-0.3, -0.25) is 10.1 Å². The van der Waals surface area contributed by atoms with Gasteiger partial charge < -0.3 is 18.9 Å². The lowest BCUT2D eigenvalue weighted by Gasteiger charge is -2.32. The Morgan fingerprint density at radius 3 is 1.45 bits per heavy atom. The predicted octanol–water partition coefficient (Wildman–Crippen LogP) is 3.32. The lowest BCUT2D eigenvalue weighted by molar-refractivity contribution is -0.384. The van der Waals surface area contributed by atoms with E-state index in [1.807, 2.05) is 0 Å². The largest absolute Gasteiger partial charge is 0.493 e. The Hall–Kier alpha value is -3.95. The number of carbonyl (C=O) groups is 3. The number of hydrogen-bond donors (Lipinski definition) is 0. The third-order valence-corrected chi connectivity index (χ3v) is 4.17. The molecule has 1 rings (SSSR count). The first kappa shape index (κ1) is 27.1. The third-order valence-electron chi connectivity index (χ3n) is 4.17. The summed E-state index contributed by atoms with van der Waals surface area (Å²) in [5.41, 5.74) is -1.03. The van der Waals surface area contributed by atoms with Crippen molar-refractivity contribution in [3.63, 3.8) is 0 Å². The van der Waals surface area contributed by atoms with E-state index in [9.17, 15) is 24.5 Å². The molecule has 0 amide bonds. The van der Waals surface area contributed by atoms with Crippen LogP contribution in [0.25, 0.3) is 0 Å². The summed E-state index contributed by atoms with van der Waals surface area (Å²) in [6, 6.07) is 5.26. The van der Waals surface area contributed by atoms with Crippen LogP contribution < -0.4 is 4.74 Å². The minimum absolute atomic E-state index is 0.130. The van der Waals surface area contributed by atoms with Crippen LogP contribution in [-0.2, 0) is 28.6 Å². The van der Waals surface area contributed by atoms with Crippen LogP contribution in [-0.4, -0.2) is 49.3 Å². The number of non-ortho nitro benzene ring substituents is 1. The summed E-state index contributed by atoms with van der Waals surface area (Å²) in [5, 5.41) is 10.8. The number of carbonyl (C=O) groups excluding carboxylic acids is 3. The van der Waals surface area contributed by atoms with E-state index in [4.69, 9.17) is 18.9 Å². The maximum atomic E-state index is 12.0. The van der Waals surface area contributed by atoms with Gasteiger partial charge in [-0.15, -0.1) is 0 Å². The first-order valence-corrected chi connectivity index (χ1v) is 9.72. The summed E-state index contributed by atoms with van der Waals surface area (Å²) in [4.78, 5) is 46.2. The zero-order valence-corrected chi connectivity index (χ0v) is 18.9. The number of nitro benzene ring substituents is 1. The van der Waals surface area contributed by atoms with Crippen molar-refractivity contribution in [2.75, 3.05) is 26.4 Å². The van der Waals surface area contributed by atoms with Crippen molar-refractivity contribution in [3.05, 3.63) is 70.8 Å². The van der Waals surface area contributed by atoms with E-state index in [0.717, 1.165) is 0 Å². The predicted molar refractivity (Wildman–Crippen MR) is 118 cm³/mol. The number of benzene rings is 1. The number of ether oxygens (including phenoxy) is 4. The SMILES string of the molecule is C=C(C)C(=O)OCC(COC(=O)C(=C)C)(COC(=O)C(=C)C)COc1ccc([N+](=O)[O-])cc1. The molecule has 1 aromatic carbocycles. The zero-order valence-electron chi connectivity index (χ0n) is 18.9. The van der Waals surface area contributed by atoms with Crippen molar-refractivity contribution >= 4 is 23.6 Å². The van der Waals surface area contributed by atoms with Crippen molar-refractivity contribution in [1.82, 2.24) is 0 Å². The molecule has 0 radical (unpaired) electrons. The van der Waals surface area contributed by atoms with Gasteiger partial charge in [0.25, 0.3) is 5.69 Å². The van der Waals surface area contributed by atoms with Crippen LogP contribution in [0.5, 0.6) is 5.75 Å². The molecule has 0 saturated carbocycles. The molecule has 10 heteroatoms. The molecule has 0 atom stereocenters. The van der Waals surface area contributed by atoms with Gasteiger partial charge >= 0.3 is 17.9 Å². The molecule has 0 aliphatic heterocycles. The lowest BCUT2D eigenvalue weighted by atomic mass is 9.92. The van der Waals surface area contributed by atoms with Crippen molar-refractivity contribution in [2.45, 2.75) is 20.8 Å². The van der Waals surface area contributed by atoms with Gasteiger partial charge in [-0.2, -0.15) is 0 Å². The van der Waals surface area contributed by atoms with E-state index in [1.165, 1.54) is 45.0 Å². The van der Waals surface area contributed by atoms with Gasteiger partial charge in [0.05, 0.1) is 4.92 Å². The van der Waals surface area contributed by atoms with Crippen LogP contribution in [0.1, 0.15) is 20.8 Å². The van der Waals surface area contributed by atoms with E-state index in [2.05, 4.69) is 19.7 Å². The fourth-order valence-electron chi connectivity index (χ4n) is 2.18. The molecule has 0 unspecified atom stereocenters.